The van der Waals surface area contributed by atoms with Crippen molar-refractivity contribution in [2.24, 2.45) is 15.9 Å². The molecule has 3 atom stereocenters. The predicted octanol–water partition coefficient (Wildman–Crippen LogP) is -0.860. The minimum atomic E-state index is -0.852. The molecule has 5 heteroatoms. The van der Waals surface area contributed by atoms with Crippen molar-refractivity contribution in [1.82, 2.24) is 5.32 Å². The van der Waals surface area contributed by atoms with Gasteiger partial charge >= 0.3 is 5.97 Å². The van der Waals surface area contributed by atoms with Crippen LogP contribution in [0, 0.1) is 5.92 Å². The van der Waals surface area contributed by atoms with Gasteiger partial charge < -0.3 is 10.4 Å². The molecule has 0 aromatic carbocycles. The van der Waals surface area contributed by atoms with Crippen LogP contribution in [-0.2, 0) is 4.79 Å². The van der Waals surface area contributed by atoms with Crippen molar-refractivity contribution in [3.05, 3.63) is 0 Å². The molecule has 12 heavy (non-hydrogen) atoms. The maximum atomic E-state index is 10.7. The number of hydrogen-bond donors (Lipinski definition) is 2. The lowest BCUT2D eigenvalue weighted by atomic mass is 9.93. The second-order valence-electron chi connectivity index (χ2n) is 2.92. The van der Waals surface area contributed by atoms with Gasteiger partial charge in [0.1, 0.15) is 5.92 Å². The van der Waals surface area contributed by atoms with E-state index in [9.17, 15) is 4.79 Å². The molecule has 2 heterocycles. The summed E-state index contributed by atoms with van der Waals surface area (Å²) in [6, 6.07) is -0.0869. The zero-order valence-electron chi connectivity index (χ0n) is 6.34. The first-order valence-electron chi connectivity index (χ1n) is 3.79. The van der Waals surface area contributed by atoms with Crippen LogP contribution < -0.4 is 5.32 Å². The van der Waals surface area contributed by atoms with Crippen LogP contribution in [0.3, 0.4) is 0 Å². The fraction of sp³-hybridized carbons (Fsp3) is 0.571. The Bertz CT molecular complexity index is 261. The Morgan fingerprint density at radius 3 is 3.25 bits per heavy atom. The van der Waals surface area contributed by atoms with Crippen LogP contribution in [0.15, 0.2) is 9.98 Å². The number of rotatable bonds is 1. The van der Waals surface area contributed by atoms with E-state index in [0.29, 0.717) is 6.54 Å². The third kappa shape index (κ3) is 0.975. The monoisotopic (exact) mass is 167 g/mol. The molecule has 0 saturated carbocycles. The first-order valence-corrected chi connectivity index (χ1v) is 3.79. The van der Waals surface area contributed by atoms with Gasteiger partial charge in [-0.1, -0.05) is 0 Å². The number of carboxylic acids is 1. The summed E-state index contributed by atoms with van der Waals surface area (Å²) in [4.78, 5) is 18.7. The predicted molar refractivity (Wildman–Crippen MR) is 43.7 cm³/mol. The number of aliphatic imine (C=N–C) groups is 2. The van der Waals surface area contributed by atoms with Gasteiger partial charge in [0.05, 0.1) is 25.0 Å². The van der Waals surface area contributed by atoms with Crippen molar-refractivity contribution in [2.75, 3.05) is 6.54 Å². The van der Waals surface area contributed by atoms with Crippen LogP contribution in [0.2, 0.25) is 0 Å². The normalized spacial score (nSPS) is 37.5. The van der Waals surface area contributed by atoms with Crippen LogP contribution in [0.25, 0.3) is 0 Å². The van der Waals surface area contributed by atoms with Gasteiger partial charge in [-0.05, 0) is 0 Å². The Hall–Kier alpha value is -1.39. The van der Waals surface area contributed by atoms with E-state index in [0.717, 1.165) is 0 Å². The summed E-state index contributed by atoms with van der Waals surface area (Å²) in [5.41, 5.74) is 0. The molecule has 0 bridgehead atoms. The van der Waals surface area contributed by atoms with E-state index in [1.165, 1.54) is 6.21 Å². The summed E-state index contributed by atoms with van der Waals surface area (Å²) in [6.45, 7) is 0.619. The maximum absolute atomic E-state index is 10.7. The fourth-order valence-electron chi connectivity index (χ4n) is 1.52. The number of nitrogens with zero attached hydrogens (tertiary/aromatic N) is 2. The SMILES string of the molecule is O=C(O)C1C=NCC2NC=NC21. The van der Waals surface area contributed by atoms with Crippen molar-refractivity contribution in [1.29, 1.82) is 0 Å². The Balaban J connectivity index is 2.22. The second kappa shape index (κ2) is 2.58. The summed E-state index contributed by atoms with van der Waals surface area (Å²) in [5, 5.41) is 11.8. The standard InChI is InChI=1S/C7H9N3O2/c11-7(12)4-1-8-2-5-6(4)10-3-9-5/h1,3-6H,2H2,(H,9,10)(H,11,12). The van der Waals surface area contributed by atoms with Crippen LogP contribution in [0.5, 0.6) is 0 Å². The van der Waals surface area contributed by atoms with Gasteiger partial charge in [-0.2, -0.15) is 0 Å². The molecule has 2 N–H and O–H groups in total. The highest BCUT2D eigenvalue weighted by Gasteiger charge is 2.37. The summed E-state index contributed by atoms with van der Waals surface area (Å²) >= 11 is 0. The number of carboxylic acid groups (broad SMARTS) is 1. The number of nitrogens with one attached hydrogen (secondary N) is 1. The molecule has 2 aliphatic heterocycles. The quantitative estimate of drug-likeness (QED) is 0.533. The van der Waals surface area contributed by atoms with Crippen molar-refractivity contribution in [2.45, 2.75) is 12.1 Å². The zero-order chi connectivity index (χ0) is 8.55. The van der Waals surface area contributed by atoms with Crippen molar-refractivity contribution < 1.29 is 9.90 Å². The number of hydrogen-bond acceptors (Lipinski definition) is 4. The van der Waals surface area contributed by atoms with E-state index in [1.807, 2.05) is 0 Å². The highest BCUT2D eigenvalue weighted by Crippen LogP contribution is 2.18. The van der Waals surface area contributed by atoms with E-state index in [1.54, 1.807) is 6.34 Å². The summed E-state index contributed by atoms with van der Waals surface area (Å²) in [6.07, 6.45) is 3.05. The van der Waals surface area contributed by atoms with E-state index in [4.69, 9.17) is 5.11 Å². The molecule has 5 nitrogen and oxygen atoms in total. The highest BCUT2D eigenvalue weighted by molar-refractivity contribution is 5.91. The molecule has 64 valence electrons. The van der Waals surface area contributed by atoms with Gasteiger partial charge in [-0.25, -0.2) is 0 Å². The van der Waals surface area contributed by atoms with Gasteiger partial charge in [-0.3, -0.25) is 14.8 Å². The molecular weight excluding hydrogens is 158 g/mol. The highest BCUT2D eigenvalue weighted by atomic mass is 16.4. The van der Waals surface area contributed by atoms with Crippen LogP contribution in [-0.4, -0.2) is 42.3 Å². The van der Waals surface area contributed by atoms with E-state index >= 15 is 0 Å². The Morgan fingerprint density at radius 2 is 2.50 bits per heavy atom. The van der Waals surface area contributed by atoms with Crippen LogP contribution in [0.1, 0.15) is 0 Å². The zero-order valence-corrected chi connectivity index (χ0v) is 6.34. The third-order valence-corrected chi connectivity index (χ3v) is 2.17. The van der Waals surface area contributed by atoms with Gasteiger partial charge in [0.25, 0.3) is 0 Å². The second-order valence-corrected chi connectivity index (χ2v) is 2.92. The molecule has 3 unspecified atom stereocenters. The molecule has 2 rings (SSSR count). The van der Waals surface area contributed by atoms with E-state index < -0.39 is 11.9 Å². The number of carbonyl (C=O) groups is 1. The molecule has 0 spiro atoms. The van der Waals surface area contributed by atoms with Crippen LogP contribution >= 0.6 is 0 Å². The minimum absolute atomic E-state index is 0.0797. The lowest BCUT2D eigenvalue weighted by molar-refractivity contribution is -0.139. The molecule has 0 aromatic heterocycles. The van der Waals surface area contributed by atoms with Crippen molar-refractivity contribution in [3.63, 3.8) is 0 Å². The van der Waals surface area contributed by atoms with Gasteiger partial charge in [-0.15, -0.1) is 0 Å². The first-order chi connectivity index (χ1) is 5.79. The molecule has 0 amide bonds. The van der Waals surface area contributed by atoms with Gasteiger partial charge in [0.2, 0.25) is 0 Å². The molecule has 0 fully saturated rings. The Labute approximate surface area is 69.2 Å². The largest absolute Gasteiger partial charge is 0.481 e. The summed E-state index contributed by atoms with van der Waals surface area (Å²) in [5.74, 6) is -1.41. The first kappa shape index (κ1) is 7.27. The molecule has 0 aromatic rings. The molecule has 0 saturated heterocycles. The lowest BCUT2D eigenvalue weighted by Gasteiger charge is -2.23. The minimum Gasteiger partial charge on any atom is -0.481 e. The van der Waals surface area contributed by atoms with Crippen molar-refractivity contribution >= 4 is 18.5 Å². The lowest BCUT2D eigenvalue weighted by Crippen LogP contribution is -2.45. The number of aliphatic carboxylic acids is 1. The molecular formula is C7H9N3O2. The maximum Gasteiger partial charge on any atom is 0.314 e. The Morgan fingerprint density at radius 1 is 1.67 bits per heavy atom. The molecule has 2 aliphatic rings. The smallest absolute Gasteiger partial charge is 0.314 e. The van der Waals surface area contributed by atoms with Gasteiger partial charge in [0, 0.05) is 6.21 Å². The van der Waals surface area contributed by atoms with Crippen molar-refractivity contribution in [3.8, 4) is 0 Å². The number of fused-ring (bicyclic) bond motifs is 1. The average molecular weight is 167 g/mol. The summed E-state index contributed by atoms with van der Waals surface area (Å²) < 4.78 is 0. The van der Waals surface area contributed by atoms with Gasteiger partial charge in [0.15, 0.2) is 0 Å². The molecule has 0 radical (unpaired) electrons. The van der Waals surface area contributed by atoms with E-state index in [-0.39, 0.29) is 12.1 Å². The fourth-order valence-corrected chi connectivity index (χ4v) is 1.52. The topological polar surface area (TPSA) is 74.0 Å². The third-order valence-electron chi connectivity index (χ3n) is 2.17. The Kier molecular flexibility index (Phi) is 1.56. The summed E-state index contributed by atoms with van der Waals surface area (Å²) in [7, 11) is 0. The van der Waals surface area contributed by atoms with E-state index in [2.05, 4.69) is 15.3 Å². The molecule has 0 aliphatic carbocycles. The van der Waals surface area contributed by atoms with Crippen LogP contribution in [0.4, 0.5) is 0 Å². The average Bonchev–Trinajstić information content (AvgIpc) is 2.49.